The first kappa shape index (κ1) is 12.7. The van der Waals surface area contributed by atoms with Crippen LogP contribution in [0.25, 0.3) is 0 Å². The van der Waals surface area contributed by atoms with Crippen LogP contribution >= 0.6 is 0 Å². The number of pyridine rings is 1. The number of nitriles is 1. The van der Waals surface area contributed by atoms with Gasteiger partial charge < -0.3 is 10.1 Å². The number of rotatable bonds is 4. The second kappa shape index (κ2) is 6.28. The minimum absolute atomic E-state index is 0.0878. The third kappa shape index (κ3) is 3.95. The molecule has 0 fully saturated rings. The van der Waals surface area contributed by atoms with E-state index in [0.29, 0.717) is 5.82 Å². The molecule has 1 rings (SSSR count). The number of carbonyl (C=O) groups excluding carboxylic acids is 1. The Morgan fingerprint density at radius 1 is 1.65 bits per heavy atom. The van der Waals surface area contributed by atoms with Crippen molar-refractivity contribution >= 4 is 11.8 Å². The van der Waals surface area contributed by atoms with Gasteiger partial charge in [0.1, 0.15) is 11.9 Å². The van der Waals surface area contributed by atoms with Gasteiger partial charge in [0.25, 0.3) is 0 Å². The van der Waals surface area contributed by atoms with E-state index in [1.807, 2.05) is 19.1 Å². The summed E-state index contributed by atoms with van der Waals surface area (Å²) < 4.78 is 4.72. The zero-order valence-corrected chi connectivity index (χ0v) is 9.73. The van der Waals surface area contributed by atoms with E-state index in [1.54, 1.807) is 19.1 Å². The third-order valence-corrected chi connectivity index (χ3v) is 1.87. The molecule has 0 aliphatic heterocycles. The van der Waals surface area contributed by atoms with Gasteiger partial charge in [-0.2, -0.15) is 5.26 Å². The highest BCUT2D eigenvalue weighted by Gasteiger charge is 2.08. The first-order valence-electron chi connectivity index (χ1n) is 5.15. The fourth-order valence-corrected chi connectivity index (χ4v) is 1.12. The minimum Gasteiger partial charge on any atom is -0.462 e. The number of aryl methyl sites for hydroxylation is 1. The van der Waals surface area contributed by atoms with E-state index in [4.69, 9.17) is 10.00 Å². The van der Waals surface area contributed by atoms with Gasteiger partial charge in [-0.15, -0.1) is 0 Å². The number of esters is 1. The maximum absolute atomic E-state index is 11.3. The van der Waals surface area contributed by atoms with Crippen molar-refractivity contribution in [1.29, 1.82) is 5.26 Å². The summed E-state index contributed by atoms with van der Waals surface area (Å²) in [5.74, 6) is -0.0720. The fourth-order valence-electron chi connectivity index (χ4n) is 1.12. The molecule has 0 bridgehead atoms. The summed E-state index contributed by atoms with van der Waals surface area (Å²) >= 11 is 0. The van der Waals surface area contributed by atoms with Crippen LogP contribution in [-0.4, -0.2) is 17.6 Å². The first-order chi connectivity index (χ1) is 8.17. The van der Waals surface area contributed by atoms with Crippen molar-refractivity contribution in [2.24, 2.45) is 0 Å². The number of hydrogen-bond donors (Lipinski definition) is 1. The van der Waals surface area contributed by atoms with Gasteiger partial charge in [-0.1, -0.05) is 6.07 Å². The monoisotopic (exact) mass is 231 g/mol. The van der Waals surface area contributed by atoms with E-state index >= 15 is 0 Å². The topological polar surface area (TPSA) is 75.0 Å². The van der Waals surface area contributed by atoms with Crippen LogP contribution in [0.2, 0.25) is 0 Å². The highest BCUT2D eigenvalue weighted by molar-refractivity contribution is 5.93. The molecule has 0 aliphatic carbocycles. The predicted molar refractivity (Wildman–Crippen MR) is 62.9 cm³/mol. The lowest BCUT2D eigenvalue weighted by Crippen LogP contribution is -2.08. The molecule has 1 heterocycles. The van der Waals surface area contributed by atoms with Crippen molar-refractivity contribution in [1.82, 2.24) is 4.98 Å². The van der Waals surface area contributed by atoms with Crippen LogP contribution in [0.15, 0.2) is 30.0 Å². The van der Waals surface area contributed by atoms with Crippen molar-refractivity contribution in [2.75, 3.05) is 11.9 Å². The van der Waals surface area contributed by atoms with Gasteiger partial charge in [-0.3, -0.25) is 0 Å². The molecule has 0 unspecified atom stereocenters. The summed E-state index contributed by atoms with van der Waals surface area (Å²) in [5.41, 5.74) is 0.758. The standard InChI is InChI=1S/C12H13N3O2/c1-3-17-12(16)10(7-13)8-14-11-6-4-5-9(2)15-11/h4-6,8H,3H2,1-2H3,(H,14,15). The van der Waals surface area contributed by atoms with Crippen molar-refractivity contribution in [2.45, 2.75) is 13.8 Å². The number of nitrogens with zero attached hydrogens (tertiary/aromatic N) is 2. The van der Waals surface area contributed by atoms with Crippen molar-refractivity contribution in [3.63, 3.8) is 0 Å². The van der Waals surface area contributed by atoms with E-state index in [1.165, 1.54) is 6.20 Å². The molecule has 88 valence electrons. The van der Waals surface area contributed by atoms with Crippen molar-refractivity contribution in [3.8, 4) is 6.07 Å². The Hall–Kier alpha value is -2.35. The average molecular weight is 231 g/mol. The van der Waals surface area contributed by atoms with Gasteiger partial charge in [-0.25, -0.2) is 9.78 Å². The molecule has 5 nitrogen and oxygen atoms in total. The average Bonchev–Trinajstić information content (AvgIpc) is 2.30. The number of carbonyl (C=O) groups is 1. The summed E-state index contributed by atoms with van der Waals surface area (Å²) in [5, 5.41) is 11.6. The molecule has 0 atom stereocenters. The van der Waals surface area contributed by atoms with E-state index in [9.17, 15) is 4.79 Å². The Morgan fingerprint density at radius 2 is 2.41 bits per heavy atom. The van der Waals surface area contributed by atoms with Crippen LogP contribution in [-0.2, 0) is 9.53 Å². The summed E-state index contributed by atoms with van der Waals surface area (Å²) in [6.07, 6.45) is 1.29. The summed E-state index contributed by atoms with van der Waals surface area (Å²) in [7, 11) is 0. The zero-order valence-electron chi connectivity index (χ0n) is 9.73. The summed E-state index contributed by atoms with van der Waals surface area (Å²) in [6, 6.07) is 7.19. The second-order valence-electron chi connectivity index (χ2n) is 3.20. The fraction of sp³-hybridized carbons (Fsp3) is 0.250. The first-order valence-corrected chi connectivity index (χ1v) is 5.15. The Morgan fingerprint density at radius 3 is 3.00 bits per heavy atom. The lowest BCUT2D eigenvalue weighted by atomic mass is 10.3. The Kier molecular flexibility index (Phi) is 4.70. The second-order valence-corrected chi connectivity index (χ2v) is 3.20. The largest absolute Gasteiger partial charge is 0.462 e. The van der Waals surface area contributed by atoms with Gasteiger partial charge in [0.05, 0.1) is 6.61 Å². The molecule has 0 amide bonds. The normalized spacial score (nSPS) is 10.5. The molecular weight excluding hydrogens is 218 g/mol. The maximum atomic E-state index is 11.3. The third-order valence-electron chi connectivity index (χ3n) is 1.87. The number of ether oxygens (including phenoxy) is 1. The summed E-state index contributed by atoms with van der Waals surface area (Å²) in [4.78, 5) is 15.5. The summed E-state index contributed by atoms with van der Waals surface area (Å²) in [6.45, 7) is 3.77. The molecule has 0 saturated carbocycles. The Balaban J connectivity index is 2.75. The van der Waals surface area contributed by atoms with Gasteiger partial charge in [0.2, 0.25) is 0 Å². The molecular formula is C12H13N3O2. The van der Waals surface area contributed by atoms with E-state index in [-0.39, 0.29) is 12.2 Å². The molecule has 17 heavy (non-hydrogen) atoms. The molecule has 1 aromatic heterocycles. The van der Waals surface area contributed by atoms with Crippen LogP contribution in [0.4, 0.5) is 5.82 Å². The molecule has 1 aromatic rings. The molecule has 0 aliphatic rings. The van der Waals surface area contributed by atoms with E-state index in [2.05, 4.69) is 10.3 Å². The highest BCUT2D eigenvalue weighted by Crippen LogP contribution is 2.05. The lowest BCUT2D eigenvalue weighted by Gasteiger charge is -2.02. The number of nitrogens with one attached hydrogen (secondary N) is 1. The van der Waals surface area contributed by atoms with Gasteiger partial charge in [0.15, 0.2) is 5.57 Å². The van der Waals surface area contributed by atoms with Crippen LogP contribution in [0.5, 0.6) is 0 Å². The molecule has 0 aromatic carbocycles. The SMILES string of the molecule is CCOC(=O)C(C#N)=CNc1cccc(C)n1. The molecule has 0 spiro atoms. The molecule has 0 saturated heterocycles. The van der Waals surface area contributed by atoms with Crippen LogP contribution < -0.4 is 5.32 Å². The van der Waals surface area contributed by atoms with Crippen LogP contribution in [0.1, 0.15) is 12.6 Å². The smallest absolute Gasteiger partial charge is 0.350 e. The molecule has 0 radical (unpaired) electrons. The number of aromatic nitrogens is 1. The van der Waals surface area contributed by atoms with Gasteiger partial charge in [0, 0.05) is 11.9 Å². The van der Waals surface area contributed by atoms with Crippen molar-refractivity contribution < 1.29 is 9.53 Å². The predicted octanol–water partition coefficient (Wildman–Crippen LogP) is 1.77. The quantitative estimate of drug-likeness (QED) is 0.485. The Labute approximate surface area is 99.7 Å². The van der Waals surface area contributed by atoms with Crippen LogP contribution in [0, 0.1) is 18.3 Å². The zero-order chi connectivity index (χ0) is 12.7. The number of hydrogen-bond acceptors (Lipinski definition) is 5. The lowest BCUT2D eigenvalue weighted by molar-refractivity contribution is -0.138. The van der Waals surface area contributed by atoms with Crippen molar-refractivity contribution in [3.05, 3.63) is 35.7 Å². The Bertz CT molecular complexity index is 475. The van der Waals surface area contributed by atoms with Crippen LogP contribution in [0.3, 0.4) is 0 Å². The highest BCUT2D eigenvalue weighted by atomic mass is 16.5. The van der Waals surface area contributed by atoms with E-state index < -0.39 is 5.97 Å². The molecule has 1 N–H and O–H groups in total. The van der Waals surface area contributed by atoms with Gasteiger partial charge in [-0.05, 0) is 26.0 Å². The maximum Gasteiger partial charge on any atom is 0.350 e. The minimum atomic E-state index is -0.643. The molecule has 5 heteroatoms. The number of anilines is 1. The van der Waals surface area contributed by atoms with Gasteiger partial charge >= 0.3 is 5.97 Å². The van der Waals surface area contributed by atoms with E-state index in [0.717, 1.165) is 5.69 Å².